The Bertz CT molecular complexity index is 948. The summed E-state index contributed by atoms with van der Waals surface area (Å²) in [5, 5.41) is 11.3. The Morgan fingerprint density at radius 3 is 2.14 bits per heavy atom. The highest BCUT2D eigenvalue weighted by Crippen LogP contribution is 2.44. The first-order chi connectivity index (χ1) is 14.1. The molecular weight excluding hydrogens is 396 g/mol. The van der Waals surface area contributed by atoms with Crippen molar-refractivity contribution in [1.82, 2.24) is 0 Å². The summed E-state index contributed by atoms with van der Waals surface area (Å²) in [6.07, 6.45) is 9.78. The Labute approximate surface area is 179 Å². The Morgan fingerprint density at radius 2 is 1.55 bits per heavy atom. The molecule has 0 bridgehead atoms. The first-order valence-electron chi connectivity index (χ1n) is 10.4. The molecule has 0 N–H and O–H groups in total. The van der Waals surface area contributed by atoms with Crippen LogP contribution in [0.2, 0.25) is 0 Å². The lowest BCUT2D eigenvalue weighted by atomic mass is 9.67. The van der Waals surface area contributed by atoms with Crippen molar-refractivity contribution in [3.63, 3.8) is 0 Å². The van der Waals surface area contributed by atoms with Gasteiger partial charge < -0.3 is 0 Å². The van der Waals surface area contributed by atoms with Crippen LogP contribution in [-0.4, -0.2) is 0 Å². The quantitative estimate of drug-likeness (QED) is 0.249. The van der Waals surface area contributed by atoms with Gasteiger partial charge in [0.15, 0.2) is 0 Å². The second kappa shape index (κ2) is 9.34. The molecule has 0 spiro atoms. The highest BCUT2D eigenvalue weighted by Gasteiger charge is 2.31. The van der Waals surface area contributed by atoms with E-state index in [9.17, 15) is 4.39 Å². The van der Waals surface area contributed by atoms with Crippen molar-refractivity contribution < 1.29 is 4.39 Å². The Hall–Kier alpha value is -1.80. The van der Waals surface area contributed by atoms with Gasteiger partial charge >= 0.3 is 0 Å². The van der Waals surface area contributed by atoms with Crippen molar-refractivity contribution in [3.8, 4) is 17.2 Å². The van der Waals surface area contributed by atoms with E-state index in [0.717, 1.165) is 29.2 Å². The molecule has 1 nitrogen and oxygen atoms in total. The number of hydrogen-bond donors (Lipinski definition) is 0. The van der Waals surface area contributed by atoms with E-state index in [1.807, 2.05) is 5.40 Å². The van der Waals surface area contributed by atoms with Crippen LogP contribution in [-0.2, 0) is 0 Å². The Kier molecular flexibility index (Phi) is 6.60. The van der Waals surface area contributed by atoms with Crippen LogP contribution in [0.3, 0.4) is 0 Å². The summed E-state index contributed by atoms with van der Waals surface area (Å²) in [4.78, 5) is 0.347. The van der Waals surface area contributed by atoms with Gasteiger partial charge in [0.25, 0.3) is 0 Å². The lowest BCUT2D eigenvalue weighted by molar-refractivity contribution is 0.154. The summed E-state index contributed by atoms with van der Waals surface area (Å²) in [5.41, 5.74) is 2.99. The molecule has 0 aliphatic heterocycles. The molecule has 0 aromatic heterocycles. The van der Waals surface area contributed by atoms with E-state index in [4.69, 9.17) is 5.26 Å². The molecule has 148 valence electrons. The second-order valence-electron chi connectivity index (χ2n) is 8.24. The number of nitriles is 1. The normalized spacial score (nSPS) is 21.6. The summed E-state index contributed by atoms with van der Waals surface area (Å²) in [5.74, 6) is 8.47. The van der Waals surface area contributed by atoms with Crippen LogP contribution in [0.25, 0.3) is 0 Å². The van der Waals surface area contributed by atoms with Crippen LogP contribution in [0.15, 0.2) is 41.3 Å². The smallest absolute Gasteiger partial charge is 0.139 e. The van der Waals surface area contributed by atoms with Gasteiger partial charge in [-0.2, -0.15) is 5.26 Å². The zero-order valence-corrected chi connectivity index (χ0v) is 18.4. The number of halogens is 1. The number of rotatable bonds is 3. The van der Waals surface area contributed by atoms with Crippen LogP contribution in [0.1, 0.15) is 67.6 Å². The topological polar surface area (TPSA) is 23.8 Å². The molecule has 2 aliphatic carbocycles. The standard InChI is InChI=1S/C25H25FNPS/c26-23-14-18(15-24(28)25(23)29-16-27)5-4-17-6-8-20(9-7-17)22-12-10-21(11-13-22)19-2-1-3-19/h6-9,14-15,19,21-22H,1-3,10-13,28H2. The molecule has 0 radical (unpaired) electrons. The third-order valence-corrected chi connectivity index (χ3v) is 7.93. The largest absolute Gasteiger partial charge is 0.206 e. The number of thiocyanates is 1. The van der Waals surface area contributed by atoms with E-state index in [-0.39, 0.29) is 0 Å². The molecule has 1 unspecified atom stereocenters. The molecule has 4 rings (SSSR count). The van der Waals surface area contributed by atoms with Crippen LogP contribution < -0.4 is 5.30 Å². The molecule has 0 amide bonds. The minimum absolute atomic E-state index is 0.347. The Balaban J connectivity index is 1.40. The summed E-state index contributed by atoms with van der Waals surface area (Å²) >= 11 is 0.834. The zero-order valence-electron chi connectivity index (χ0n) is 16.5. The molecule has 2 aromatic carbocycles. The minimum atomic E-state index is -0.402. The van der Waals surface area contributed by atoms with Gasteiger partial charge in [-0.1, -0.05) is 43.2 Å². The highest BCUT2D eigenvalue weighted by atomic mass is 32.2. The monoisotopic (exact) mass is 421 g/mol. The maximum Gasteiger partial charge on any atom is 0.139 e. The van der Waals surface area contributed by atoms with Crippen LogP contribution >= 0.6 is 21.0 Å². The van der Waals surface area contributed by atoms with Crippen molar-refractivity contribution in [2.45, 2.75) is 55.8 Å². The molecule has 2 saturated carbocycles. The van der Waals surface area contributed by atoms with Gasteiger partial charge in [0, 0.05) is 11.1 Å². The number of nitrogens with zero attached hydrogens (tertiary/aromatic N) is 1. The van der Waals surface area contributed by atoms with Crippen LogP contribution in [0, 0.1) is 40.2 Å². The SMILES string of the molecule is N#CSc1c(F)cc(C#Cc2ccc(C3CCC(C4CCC4)CC3)cc2)cc1P. The fraction of sp³-hybridized carbons (Fsp3) is 0.400. The van der Waals surface area contributed by atoms with Crippen LogP contribution in [0.4, 0.5) is 4.39 Å². The van der Waals surface area contributed by atoms with Crippen molar-refractivity contribution in [2.75, 3.05) is 0 Å². The van der Waals surface area contributed by atoms with E-state index in [1.54, 1.807) is 6.07 Å². The lowest BCUT2D eigenvalue weighted by Gasteiger charge is -2.38. The molecule has 0 saturated heterocycles. The summed E-state index contributed by atoms with van der Waals surface area (Å²) in [6.45, 7) is 0. The molecule has 2 fully saturated rings. The first kappa shape index (κ1) is 20.5. The summed E-state index contributed by atoms with van der Waals surface area (Å²) in [7, 11) is 2.48. The average molecular weight is 422 g/mol. The third-order valence-electron chi connectivity index (χ3n) is 6.54. The predicted molar refractivity (Wildman–Crippen MR) is 122 cm³/mol. The van der Waals surface area contributed by atoms with Gasteiger partial charge in [0.05, 0.1) is 4.90 Å². The molecule has 2 aromatic rings. The van der Waals surface area contributed by atoms with E-state index < -0.39 is 5.82 Å². The summed E-state index contributed by atoms with van der Waals surface area (Å²) < 4.78 is 14.1. The van der Waals surface area contributed by atoms with Crippen molar-refractivity contribution >= 4 is 26.3 Å². The number of hydrogen-bond acceptors (Lipinski definition) is 2. The fourth-order valence-electron chi connectivity index (χ4n) is 4.66. The predicted octanol–water partition coefficient (Wildman–Crippen LogP) is 6.37. The van der Waals surface area contributed by atoms with Gasteiger partial charge in [0.2, 0.25) is 0 Å². The fourth-order valence-corrected chi connectivity index (χ4v) is 5.58. The minimum Gasteiger partial charge on any atom is -0.206 e. The molecular formula is C25H25FNPS. The van der Waals surface area contributed by atoms with E-state index in [0.29, 0.717) is 21.7 Å². The second-order valence-corrected chi connectivity index (χ2v) is 9.66. The van der Waals surface area contributed by atoms with Gasteiger partial charge in [-0.15, -0.1) is 9.24 Å². The maximum absolute atomic E-state index is 14.1. The van der Waals surface area contributed by atoms with Gasteiger partial charge in [-0.05, 0) is 90.3 Å². The lowest BCUT2D eigenvalue weighted by Crippen LogP contribution is -2.25. The average Bonchev–Trinajstić information content (AvgIpc) is 2.69. The maximum atomic E-state index is 14.1. The number of benzene rings is 2. The van der Waals surface area contributed by atoms with E-state index >= 15 is 0 Å². The van der Waals surface area contributed by atoms with Crippen molar-refractivity contribution in [2.24, 2.45) is 11.8 Å². The van der Waals surface area contributed by atoms with Crippen LogP contribution in [0.5, 0.6) is 0 Å². The van der Waals surface area contributed by atoms with Gasteiger partial charge in [-0.25, -0.2) is 4.39 Å². The first-order valence-corrected chi connectivity index (χ1v) is 11.8. The molecule has 0 heterocycles. The van der Waals surface area contributed by atoms with Crippen molar-refractivity contribution in [1.29, 1.82) is 5.26 Å². The number of thioether (sulfide) groups is 1. The highest BCUT2D eigenvalue weighted by molar-refractivity contribution is 8.04. The third kappa shape index (κ3) is 4.86. The molecule has 29 heavy (non-hydrogen) atoms. The van der Waals surface area contributed by atoms with Gasteiger partial charge in [-0.3, -0.25) is 0 Å². The zero-order chi connectivity index (χ0) is 20.2. The Morgan fingerprint density at radius 1 is 0.897 bits per heavy atom. The van der Waals surface area contributed by atoms with E-state index in [2.05, 4.69) is 45.3 Å². The van der Waals surface area contributed by atoms with Crippen molar-refractivity contribution in [3.05, 3.63) is 58.9 Å². The molecule has 1 atom stereocenters. The summed E-state index contributed by atoms with van der Waals surface area (Å²) in [6, 6.07) is 11.8. The van der Waals surface area contributed by atoms with Gasteiger partial charge in [0.1, 0.15) is 11.2 Å². The van der Waals surface area contributed by atoms with E-state index in [1.165, 1.54) is 56.6 Å². The molecule has 4 heteroatoms. The molecule has 2 aliphatic rings.